The Labute approximate surface area is 103 Å². The van der Waals surface area contributed by atoms with Gasteiger partial charge in [0.2, 0.25) is 0 Å². The molecule has 0 aromatic rings. The van der Waals surface area contributed by atoms with Crippen LogP contribution in [-0.4, -0.2) is 37.8 Å². The van der Waals surface area contributed by atoms with E-state index in [0.717, 1.165) is 24.8 Å². The SMILES string of the molecule is CN=C(NCCC1CC1)NC1CC2CCC1O2. The lowest BCUT2D eigenvalue weighted by Gasteiger charge is -2.22. The Kier molecular flexibility index (Phi) is 3.23. The minimum atomic E-state index is 0.419. The lowest BCUT2D eigenvalue weighted by molar-refractivity contribution is 0.0992. The van der Waals surface area contributed by atoms with Crippen LogP contribution in [0.5, 0.6) is 0 Å². The summed E-state index contributed by atoms with van der Waals surface area (Å²) in [5.41, 5.74) is 0. The zero-order valence-electron chi connectivity index (χ0n) is 10.6. The molecule has 0 aromatic carbocycles. The molecule has 0 spiro atoms. The smallest absolute Gasteiger partial charge is 0.191 e. The zero-order valence-corrected chi connectivity index (χ0v) is 10.6. The van der Waals surface area contributed by atoms with Gasteiger partial charge in [0.15, 0.2) is 5.96 Å². The Bertz CT molecular complexity index is 301. The topological polar surface area (TPSA) is 45.7 Å². The number of hydrogen-bond acceptors (Lipinski definition) is 2. The molecule has 2 saturated heterocycles. The zero-order chi connectivity index (χ0) is 11.7. The molecule has 96 valence electrons. The largest absolute Gasteiger partial charge is 0.373 e. The summed E-state index contributed by atoms with van der Waals surface area (Å²) >= 11 is 0. The van der Waals surface area contributed by atoms with Gasteiger partial charge >= 0.3 is 0 Å². The maximum atomic E-state index is 5.84. The number of fused-ring (bicyclic) bond motifs is 2. The first-order valence-electron chi connectivity index (χ1n) is 6.98. The van der Waals surface area contributed by atoms with Gasteiger partial charge in [0.1, 0.15) is 0 Å². The normalized spacial score (nSPS) is 36.3. The highest BCUT2D eigenvalue weighted by molar-refractivity contribution is 5.80. The van der Waals surface area contributed by atoms with Crippen molar-refractivity contribution in [3.63, 3.8) is 0 Å². The van der Waals surface area contributed by atoms with E-state index in [1.807, 2.05) is 7.05 Å². The van der Waals surface area contributed by atoms with Crippen molar-refractivity contribution in [1.29, 1.82) is 0 Å². The van der Waals surface area contributed by atoms with Crippen molar-refractivity contribution in [3.8, 4) is 0 Å². The molecule has 2 heterocycles. The van der Waals surface area contributed by atoms with Crippen LogP contribution in [-0.2, 0) is 4.74 Å². The lowest BCUT2D eigenvalue weighted by atomic mass is 9.96. The number of aliphatic imine (C=N–C) groups is 1. The van der Waals surface area contributed by atoms with Crippen molar-refractivity contribution >= 4 is 5.96 Å². The van der Waals surface area contributed by atoms with Gasteiger partial charge in [0.05, 0.1) is 18.2 Å². The van der Waals surface area contributed by atoms with Crippen molar-refractivity contribution in [3.05, 3.63) is 0 Å². The molecule has 0 radical (unpaired) electrons. The molecule has 3 rings (SSSR count). The van der Waals surface area contributed by atoms with Crippen molar-refractivity contribution < 1.29 is 4.74 Å². The molecule has 3 aliphatic rings. The molecule has 2 aliphatic heterocycles. The number of hydrogen-bond donors (Lipinski definition) is 2. The summed E-state index contributed by atoms with van der Waals surface area (Å²) in [6.45, 7) is 1.05. The Morgan fingerprint density at radius 1 is 1.29 bits per heavy atom. The maximum Gasteiger partial charge on any atom is 0.191 e. The molecule has 17 heavy (non-hydrogen) atoms. The van der Waals surface area contributed by atoms with Crippen LogP contribution < -0.4 is 10.6 Å². The summed E-state index contributed by atoms with van der Waals surface area (Å²) in [7, 11) is 1.85. The van der Waals surface area contributed by atoms with Crippen LogP contribution in [0.1, 0.15) is 38.5 Å². The summed E-state index contributed by atoms with van der Waals surface area (Å²) < 4.78 is 5.84. The summed E-state index contributed by atoms with van der Waals surface area (Å²) in [6.07, 6.45) is 8.66. The van der Waals surface area contributed by atoms with Gasteiger partial charge in [0, 0.05) is 13.6 Å². The molecule has 2 bridgehead atoms. The molecular weight excluding hydrogens is 214 g/mol. The van der Waals surface area contributed by atoms with Crippen LogP contribution in [0.25, 0.3) is 0 Å². The molecule has 4 heteroatoms. The van der Waals surface area contributed by atoms with Gasteiger partial charge in [0.25, 0.3) is 0 Å². The molecule has 0 aromatic heterocycles. The van der Waals surface area contributed by atoms with E-state index in [1.54, 1.807) is 0 Å². The highest BCUT2D eigenvalue weighted by Crippen LogP contribution is 2.34. The van der Waals surface area contributed by atoms with Crippen LogP contribution in [0, 0.1) is 5.92 Å². The maximum absolute atomic E-state index is 5.84. The third-order valence-corrected chi connectivity index (χ3v) is 4.19. The number of rotatable bonds is 4. The third kappa shape index (κ3) is 2.73. The number of guanidine groups is 1. The van der Waals surface area contributed by atoms with E-state index in [2.05, 4.69) is 15.6 Å². The predicted octanol–water partition coefficient (Wildman–Crippen LogP) is 1.27. The Hall–Kier alpha value is -0.770. The number of nitrogens with zero attached hydrogens (tertiary/aromatic N) is 1. The molecule has 3 atom stereocenters. The third-order valence-electron chi connectivity index (χ3n) is 4.19. The molecule has 3 unspecified atom stereocenters. The van der Waals surface area contributed by atoms with Gasteiger partial charge in [-0.25, -0.2) is 0 Å². The Morgan fingerprint density at radius 3 is 2.76 bits per heavy atom. The van der Waals surface area contributed by atoms with Gasteiger partial charge in [-0.05, 0) is 31.6 Å². The first kappa shape index (κ1) is 11.3. The second-order valence-corrected chi connectivity index (χ2v) is 5.59. The van der Waals surface area contributed by atoms with Crippen molar-refractivity contribution in [2.24, 2.45) is 10.9 Å². The van der Waals surface area contributed by atoms with Crippen LogP contribution >= 0.6 is 0 Å². The van der Waals surface area contributed by atoms with Gasteiger partial charge < -0.3 is 15.4 Å². The molecule has 2 N–H and O–H groups in total. The van der Waals surface area contributed by atoms with E-state index < -0.39 is 0 Å². The minimum absolute atomic E-state index is 0.419. The summed E-state index contributed by atoms with van der Waals surface area (Å²) in [5, 5.41) is 6.92. The highest BCUT2D eigenvalue weighted by atomic mass is 16.5. The summed E-state index contributed by atoms with van der Waals surface area (Å²) in [6, 6.07) is 0.473. The van der Waals surface area contributed by atoms with Crippen molar-refractivity contribution in [1.82, 2.24) is 10.6 Å². The minimum Gasteiger partial charge on any atom is -0.373 e. The molecule has 1 saturated carbocycles. The molecular formula is C13H23N3O. The second-order valence-electron chi connectivity index (χ2n) is 5.59. The number of nitrogens with one attached hydrogen (secondary N) is 2. The van der Waals surface area contributed by atoms with E-state index in [9.17, 15) is 0 Å². The Morgan fingerprint density at radius 2 is 2.18 bits per heavy atom. The standard InChI is InChI=1S/C13H23N3O/c1-14-13(15-7-6-9-2-3-9)16-11-8-10-4-5-12(11)17-10/h9-12H,2-8H2,1H3,(H2,14,15,16). The van der Waals surface area contributed by atoms with E-state index in [4.69, 9.17) is 4.74 Å². The molecule has 3 fully saturated rings. The fraction of sp³-hybridized carbons (Fsp3) is 0.923. The quantitative estimate of drug-likeness (QED) is 0.572. The molecule has 1 aliphatic carbocycles. The second kappa shape index (κ2) is 4.84. The first-order chi connectivity index (χ1) is 8.35. The van der Waals surface area contributed by atoms with E-state index in [0.29, 0.717) is 18.2 Å². The molecule has 4 nitrogen and oxygen atoms in total. The van der Waals surface area contributed by atoms with Gasteiger partial charge in [-0.2, -0.15) is 0 Å². The summed E-state index contributed by atoms with van der Waals surface area (Å²) in [4.78, 5) is 4.29. The van der Waals surface area contributed by atoms with Crippen molar-refractivity contribution in [2.75, 3.05) is 13.6 Å². The predicted molar refractivity (Wildman–Crippen MR) is 68.1 cm³/mol. The average Bonchev–Trinajstić information content (AvgIpc) is 2.93. The van der Waals surface area contributed by atoms with Crippen LogP contribution in [0.3, 0.4) is 0 Å². The van der Waals surface area contributed by atoms with E-state index in [-0.39, 0.29) is 0 Å². The average molecular weight is 237 g/mol. The molecule has 0 amide bonds. The fourth-order valence-corrected chi connectivity index (χ4v) is 2.96. The fourth-order valence-electron chi connectivity index (χ4n) is 2.96. The van der Waals surface area contributed by atoms with Crippen LogP contribution in [0.2, 0.25) is 0 Å². The lowest BCUT2D eigenvalue weighted by Crippen LogP contribution is -2.47. The van der Waals surface area contributed by atoms with E-state index in [1.165, 1.54) is 32.1 Å². The van der Waals surface area contributed by atoms with E-state index >= 15 is 0 Å². The Balaban J connectivity index is 1.42. The van der Waals surface area contributed by atoms with Gasteiger partial charge in [-0.3, -0.25) is 4.99 Å². The first-order valence-corrected chi connectivity index (χ1v) is 6.98. The van der Waals surface area contributed by atoms with Gasteiger partial charge in [-0.15, -0.1) is 0 Å². The highest BCUT2D eigenvalue weighted by Gasteiger charge is 2.41. The summed E-state index contributed by atoms with van der Waals surface area (Å²) in [5.74, 6) is 1.93. The number of ether oxygens (including phenoxy) is 1. The van der Waals surface area contributed by atoms with Crippen molar-refractivity contribution in [2.45, 2.75) is 56.8 Å². The monoisotopic (exact) mass is 237 g/mol. The van der Waals surface area contributed by atoms with Gasteiger partial charge in [-0.1, -0.05) is 12.8 Å². The van der Waals surface area contributed by atoms with Crippen LogP contribution in [0.15, 0.2) is 4.99 Å². The van der Waals surface area contributed by atoms with Crippen LogP contribution in [0.4, 0.5) is 0 Å².